The van der Waals surface area contributed by atoms with Crippen LogP contribution in [0.1, 0.15) is 38.0 Å². The third-order valence-electron chi connectivity index (χ3n) is 5.65. The van der Waals surface area contributed by atoms with E-state index in [2.05, 4.69) is 0 Å². The third kappa shape index (κ3) is 7.51. The fourth-order valence-electron chi connectivity index (χ4n) is 3.73. The number of hydrogen-bond donors (Lipinski definition) is 0. The van der Waals surface area contributed by atoms with Crippen molar-refractivity contribution >= 4 is 58.7 Å². The normalized spacial score (nSPS) is 19.9. The quantitative estimate of drug-likeness (QED) is 0.240. The molecule has 0 radical (unpaired) electrons. The molecule has 0 amide bonds. The highest BCUT2D eigenvalue weighted by atomic mass is 35.5. The molecule has 0 unspecified atom stereocenters. The molecule has 4 atom stereocenters. The van der Waals surface area contributed by atoms with E-state index in [1.807, 2.05) is 0 Å². The van der Waals surface area contributed by atoms with Crippen LogP contribution < -0.4 is 0 Å². The number of carbonyl (C=O) groups is 4. The van der Waals surface area contributed by atoms with Crippen LogP contribution in [0.3, 0.4) is 0 Å². The van der Waals surface area contributed by atoms with Crippen molar-refractivity contribution < 1.29 is 42.9 Å². The van der Waals surface area contributed by atoms with E-state index in [1.54, 1.807) is 0 Å². The Bertz CT molecular complexity index is 1380. The summed E-state index contributed by atoms with van der Waals surface area (Å²) in [6.45, 7) is 0.691. The molecule has 0 aliphatic carbocycles. The summed E-state index contributed by atoms with van der Waals surface area (Å²) in [5, 5.41) is 1.23. The van der Waals surface area contributed by atoms with Crippen molar-refractivity contribution in [3.63, 3.8) is 0 Å². The predicted molar refractivity (Wildman–Crippen MR) is 143 cm³/mol. The summed E-state index contributed by atoms with van der Waals surface area (Å²) >= 11 is 17.7. The fourth-order valence-corrected chi connectivity index (χ4v) is 4.11. The SMILES string of the molecule is CC(=O)O[C@@H]1O[C@H](COC(=O)c2ccc(Cl)cc2)[C@H](OC(=O)c2ccc(Cl)cc2)[C@@H]1OC(=O)c1ccc(Cl)cc1. The minimum atomic E-state index is -1.48. The maximum Gasteiger partial charge on any atom is 0.338 e. The smallest absolute Gasteiger partial charge is 0.338 e. The van der Waals surface area contributed by atoms with E-state index in [4.69, 9.17) is 58.5 Å². The van der Waals surface area contributed by atoms with Gasteiger partial charge in [0.2, 0.25) is 12.4 Å². The van der Waals surface area contributed by atoms with Crippen molar-refractivity contribution in [3.05, 3.63) is 105 Å². The van der Waals surface area contributed by atoms with Gasteiger partial charge in [0.1, 0.15) is 12.7 Å². The molecular formula is C28H21Cl3O9. The van der Waals surface area contributed by atoms with Crippen molar-refractivity contribution in [2.24, 2.45) is 0 Å². The zero-order chi connectivity index (χ0) is 28.8. The van der Waals surface area contributed by atoms with E-state index in [0.29, 0.717) is 15.1 Å². The van der Waals surface area contributed by atoms with Crippen LogP contribution in [0.5, 0.6) is 0 Å². The highest BCUT2D eigenvalue weighted by Gasteiger charge is 2.52. The molecule has 208 valence electrons. The van der Waals surface area contributed by atoms with Crippen LogP contribution >= 0.6 is 34.8 Å². The van der Waals surface area contributed by atoms with Gasteiger partial charge in [-0.25, -0.2) is 14.4 Å². The molecule has 0 bridgehead atoms. The summed E-state index contributed by atoms with van der Waals surface area (Å²) in [5.41, 5.74) is 0.478. The van der Waals surface area contributed by atoms with Gasteiger partial charge in [-0.05, 0) is 72.8 Å². The van der Waals surface area contributed by atoms with Crippen LogP contribution in [0.4, 0.5) is 0 Å². The van der Waals surface area contributed by atoms with Crippen molar-refractivity contribution in [1.29, 1.82) is 0 Å². The van der Waals surface area contributed by atoms with Crippen molar-refractivity contribution in [1.82, 2.24) is 0 Å². The van der Waals surface area contributed by atoms with Gasteiger partial charge in [-0.2, -0.15) is 0 Å². The van der Waals surface area contributed by atoms with Crippen molar-refractivity contribution in [3.8, 4) is 0 Å². The Morgan fingerprint density at radius 3 is 1.45 bits per heavy atom. The number of ether oxygens (including phenoxy) is 5. The van der Waals surface area contributed by atoms with Gasteiger partial charge in [0.25, 0.3) is 0 Å². The van der Waals surface area contributed by atoms with Crippen LogP contribution in [-0.4, -0.2) is 55.1 Å². The van der Waals surface area contributed by atoms with Crippen LogP contribution in [-0.2, 0) is 28.5 Å². The molecule has 0 saturated carbocycles. The van der Waals surface area contributed by atoms with E-state index < -0.39 is 55.1 Å². The van der Waals surface area contributed by atoms with Gasteiger partial charge in [-0.15, -0.1) is 0 Å². The van der Waals surface area contributed by atoms with E-state index in [-0.39, 0.29) is 16.7 Å². The van der Waals surface area contributed by atoms with Gasteiger partial charge in [0.05, 0.1) is 16.7 Å². The van der Waals surface area contributed by atoms with Crippen LogP contribution in [0.2, 0.25) is 15.1 Å². The number of hydrogen-bond acceptors (Lipinski definition) is 9. The Kier molecular flexibility index (Phi) is 9.65. The molecule has 1 heterocycles. The monoisotopic (exact) mass is 606 g/mol. The summed E-state index contributed by atoms with van der Waals surface area (Å²) in [5.74, 6) is -3.10. The molecular weight excluding hydrogens is 587 g/mol. The van der Waals surface area contributed by atoms with Gasteiger partial charge in [-0.1, -0.05) is 34.8 Å². The molecule has 3 aromatic rings. The molecule has 4 rings (SSSR count). The maximum atomic E-state index is 13.0. The molecule has 1 fully saturated rings. The average molecular weight is 608 g/mol. The number of esters is 4. The number of halogens is 3. The van der Waals surface area contributed by atoms with E-state index in [0.717, 1.165) is 6.92 Å². The topological polar surface area (TPSA) is 114 Å². The highest BCUT2D eigenvalue weighted by Crippen LogP contribution is 2.30. The summed E-state index contributed by atoms with van der Waals surface area (Å²) in [4.78, 5) is 50.4. The predicted octanol–water partition coefficient (Wildman–Crippen LogP) is 5.54. The summed E-state index contributed by atoms with van der Waals surface area (Å²) in [6, 6.07) is 17.7. The van der Waals surface area contributed by atoms with Gasteiger partial charge in [0.15, 0.2) is 6.10 Å². The summed E-state index contributed by atoms with van der Waals surface area (Å²) in [7, 11) is 0. The molecule has 1 aliphatic heterocycles. The Balaban J connectivity index is 1.59. The van der Waals surface area contributed by atoms with E-state index in [1.165, 1.54) is 72.8 Å². The molecule has 0 N–H and O–H groups in total. The maximum absolute atomic E-state index is 13.0. The number of rotatable bonds is 8. The third-order valence-corrected chi connectivity index (χ3v) is 6.41. The minimum Gasteiger partial charge on any atom is -0.459 e. The van der Waals surface area contributed by atoms with Crippen LogP contribution in [0.15, 0.2) is 72.8 Å². The molecule has 0 aromatic heterocycles. The minimum absolute atomic E-state index is 0.131. The Labute approximate surface area is 243 Å². The first kappa shape index (κ1) is 29.4. The van der Waals surface area contributed by atoms with Gasteiger partial charge >= 0.3 is 23.9 Å². The molecule has 1 saturated heterocycles. The van der Waals surface area contributed by atoms with Gasteiger partial charge in [0, 0.05) is 22.0 Å². The fraction of sp³-hybridized carbons (Fsp3) is 0.214. The number of benzene rings is 3. The van der Waals surface area contributed by atoms with E-state index in [9.17, 15) is 19.2 Å². The average Bonchev–Trinajstić information content (AvgIpc) is 3.22. The lowest BCUT2D eigenvalue weighted by Crippen LogP contribution is -2.42. The zero-order valence-corrected chi connectivity index (χ0v) is 23.0. The lowest BCUT2D eigenvalue weighted by atomic mass is 10.1. The largest absolute Gasteiger partial charge is 0.459 e. The van der Waals surface area contributed by atoms with E-state index >= 15 is 0 Å². The molecule has 3 aromatic carbocycles. The van der Waals surface area contributed by atoms with Gasteiger partial charge < -0.3 is 23.7 Å². The van der Waals surface area contributed by atoms with Crippen LogP contribution in [0.25, 0.3) is 0 Å². The molecule has 9 nitrogen and oxygen atoms in total. The Morgan fingerprint density at radius 2 is 1.02 bits per heavy atom. The Hall–Kier alpha value is -3.63. The summed E-state index contributed by atoms with van der Waals surface area (Å²) in [6.07, 6.45) is -5.42. The Morgan fingerprint density at radius 1 is 0.625 bits per heavy atom. The lowest BCUT2D eigenvalue weighted by Gasteiger charge is -2.24. The zero-order valence-electron chi connectivity index (χ0n) is 20.8. The molecule has 40 heavy (non-hydrogen) atoms. The van der Waals surface area contributed by atoms with Gasteiger partial charge in [-0.3, -0.25) is 4.79 Å². The second-order valence-electron chi connectivity index (χ2n) is 8.51. The van der Waals surface area contributed by atoms with Crippen molar-refractivity contribution in [2.75, 3.05) is 6.61 Å². The molecule has 0 spiro atoms. The number of carbonyl (C=O) groups excluding carboxylic acids is 4. The van der Waals surface area contributed by atoms with Crippen LogP contribution in [0, 0.1) is 0 Å². The van der Waals surface area contributed by atoms with Crippen molar-refractivity contribution in [2.45, 2.75) is 31.5 Å². The summed E-state index contributed by atoms with van der Waals surface area (Å²) < 4.78 is 27.7. The second-order valence-corrected chi connectivity index (χ2v) is 9.82. The molecule has 1 aliphatic rings. The molecule has 12 heteroatoms. The second kappa shape index (κ2) is 13.1. The first-order valence-electron chi connectivity index (χ1n) is 11.8. The lowest BCUT2D eigenvalue weighted by molar-refractivity contribution is -0.187. The highest BCUT2D eigenvalue weighted by molar-refractivity contribution is 6.31. The standard InChI is InChI=1S/C28H21Cl3O9/c1-15(32)37-28-24(40-27(35)18-6-12-21(31)13-7-18)23(39-26(34)17-4-10-20(30)11-5-17)22(38-28)14-36-25(33)16-2-8-19(29)9-3-16/h2-13,22-24,28H,14H2,1H3/t22-,23+,24+,28-/m1/s1. The first-order valence-corrected chi connectivity index (χ1v) is 12.9. The first-order chi connectivity index (χ1) is 19.1.